The van der Waals surface area contributed by atoms with Gasteiger partial charge in [-0.25, -0.2) is 9.59 Å². The molecule has 1 saturated heterocycles. The Balaban J connectivity index is 1.85. The summed E-state index contributed by atoms with van der Waals surface area (Å²) in [7, 11) is 0. The highest BCUT2D eigenvalue weighted by Crippen LogP contribution is 2.27. The van der Waals surface area contributed by atoms with E-state index in [-0.39, 0.29) is 18.5 Å². The minimum atomic E-state index is -0.694. The zero-order valence-corrected chi connectivity index (χ0v) is 15.5. The van der Waals surface area contributed by atoms with Gasteiger partial charge in [-0.05, 0) is 19.1 Å². The van der Waals surface area contributed by atoms with Crippen molar-refractivity contribution in [1.29, 1.82) is 0 Å². The number of piperazine rings is 1. The molecular formula is C18H25N4O5+. The molecule has 0 saturated carbocycles. The molecule has 2 aliphatic heterocycles. The van der Waals surface area contributed by atoms with E-state index in [0.717, 1.165) is 13.1 Å². The zero-order chi connectivity index (χ0) is 19.4. The van der Waals surface area contributed by atoms with Crippen molar-refractivity contribution in [3.05, 3.63) is 35.4 Å². The van der Waals surface area contributed by atoms with Gasteiger partial charge in [0.1, 0.15) is 18.3 Å². The van der Waals surface area contributed by atoms with Crippen molar-refractivity contribution in [2.45, 2.75) is 19.9 Å². The number of carbonyl (C=O) groups is 3. The minimum absolute atomic E-state index is 0.0635. The fourth-order valence-electron chi connectivity index (χ4n) is 3.44. The Morgan fingerprint density at radius 1 is 1.37 bits per heavy atom. The fraction of sp³-hybridized carbons (Fsp3) is 0.500. The van der Waals surface area contributed by atoms with E-state index in [9.17, 15) is 14.4 Å². The Morgan fingerprint density at radius 3 is 2.70 bits per heavy atom. The van der Waals surface area contributed by atoms with Crippen LogP contribution in [0.25, 0.3) is 0 Å². The van der Waals surface area contributed by atoms with E-state index >= 15 is 0 Å². The molecule has 9 heteroatoms. The van der Waals surface area contributed by atoms with E-state index < -0.39 is 12.0 Å². The van der Waals surface area contributed by atoms with Crippen LogP contribution in [0.1, 0.15) is 25.6 Å². The lowest BCUT2D eigenvalue weighted by molar-refractivity contribution is -0.899. The van der Waals surface area contributed by atoms with Gasteiger partial charge in [0.2, 0.25) is 5.91 Å². The molecular weight excluding hydrogens is 352 g/mol. The molecule has 1 aromatic heterocycles. The van der Waals surface area contributed by atoms with Gasteiger partial charge >= 0.3 is 12.0 Å². The van der Waals surface area contributed by atoms with Crippen molar-refractivity contribution in [3.8, 4) is 0 Å². The number of nitrogens with zero attached hydrogens (tertiary/aromatic N) is 1. The topological polar surface area (TPSA) is 105 Å². The van der Waals surface area contributed by atoms with E-state index in [1.165, 1.54) is 11.2 Å². The van der Waals surface area contributed by atoms with Crippen LogP contribution in [-0.4, -0.2) is 62.1 Å². The molecule has 1 atom stereocenters. The lowest BCUT2D eigenvalue weighted by atomic mass is 9.99. The van der Waals surface area contributed by atoms with Gasteiger partial charge in [0.15, 0.2) is 0 Å². The lowest BCUT2D eigenvalue weighted by Crippen LogP contribution is -3.15. The lowest BCUT2D eigenvalue weighted by Gasteiger charge is -2.34. The second kappa shape index (κ2) is 8.26. The molecule has 1 aromatic rings. The van der Waals surface area contributed by atoms with Crippen molar-refractivity contribution in [1.82, 2.24) is 15.5 Å². The van der Waals surface area contributed by atoms with Crippen LogP contribution in [0.2, 0.25) is 0 Å². The van der Waals surface area contributed by atoms with Crippen LogP contribution in [0.3, 0.4) is 0 Å². The zero-order valence-electron chi connectivity index (χ0n) is 15.5. The predicted octanol–water partition coefficient (Wildman–Crippen LogP) is -0.802. The second-order valence-corrected chi connectivity index (χ2v) is 6.59. The summed E-state index contributed by atoms with van der Waals surface area (Å²) in [5.74, 6) is 0.0542. The first-order valence-corrected chi connectivity index (χ1v) is 9.09. The van der Waals surface area contributed by atoms with Gasteiger partial charge in [0.25, 0.3) is 0 Å². The summed E-state index contributed by atoms with van der Waals surface area (Å²) < 4.78 is 10.6. The van der Waals surface area contributed by atoms with Crippen LogP contribution in [0.4, 0.5) is 4.79 Å². The number of esters is 1. The highest BCUT2D eigenvalue weighted by Gasteiger charge is 2.37. The van der Waals surface area contributed by atoms with Crippen molar-refractivity contribution < 1.29 is 28.4 Å². The van der Waals surface area contributed by atoms with E-state index in [2.05, 4.69) is 10.6 Å². The van der Waals surface area contributed by atoms with Crippen molar-refractivity contribution in [2.75, 3.05) is 39.3 Å². The van der Waals surface area contributed by atoms with Crippen LogP contribution >= 0.6 is 0 Å². The van der Waals surface area contributed by atoms with Crippen molar-refractivity contribution >= 4 is 17.9 Å². The largest absolute Gasteiger partial charge is 0.467 e. The number of hydrogen-bond donors (Lipinski definition) is 3. The number of urea groups is 1. The molecule has 9 nitrogen and oxygen atoms in total. The Bertz CT molecular complexity index is 735. The molecule has 1 fully saturated rings. The second-order valence-electron chi connectivity index (χ2n) is 6.59. The third-order valence-corrected chi connectivity index (χ3v) is 4.82. The van der Waals surface area contributed by atoms with Crippen molar-refractivity contribution in [3.63, 3.8) is 0 Å². The minimum Gasteiger partial charge on any atom is -0.467 e. The molecule has 0 aliphatic carbocycles. The van der Waals surface area contributed by atoms with E-state index in [0.29, 0.717) is 36.7 Å². The van der Waals surface area contributed by atoms with Gasteiger partial charge in [-0.1, -0.05) is 0 Å². The molecule has 146 valence electrons. The van der Waals surface area contributed by atoms with Crippen LogP contribution in [0, 0.1) is 0 Å². The van der Waals surface area contributed by atoms with Crippen molar-refractivity contribution in [2.24, 2.45) is 0 Å². The first kappa shape index (κ1) is 19.0. The summed E-state index contributed by atoms with van der Waals surface area (Å²) in [6.45, 7) is 6.79. The molecule has 2 aliphatic rings. The van der Waals surface area contributed by atoms with Crippen LogP contribution in [-0.2, 0) is 14.3 Å². The quantitative estimate of drug-likeness (QED) is 0.583. The summed E-state index contributed by atoms with van der Waals surface area (Å²) in [5, 5.41) is 5.50. The fourth-order valence-corrected chi connectivity index (χ4v) is 3.44. The Kier molecular flexibility index (Phi) is 5.80. The normalized spacial score (nSPS) is 20.9. The Hall–Kier alpha value is -2.81. The Morgan fingerprint density at radius 2 is 2.11 bits per heavy atom. The maximum absolute atomic E-state index is 12.6. The average Bonchev–Trinajstić information content (AvgIpc) is 3.16. The smallest absolute Gasteiger partial charge is 0.338 e. The van der Waals surface area contributed by atoms with E-state index in [1.807, 2.05) is 0 Å². The maximum atomic E-state index is 12.6. The number of furan rings is 1. The summed E-state index contributed by atoms with van der Waals surface area (Å²) >= 11 is 0. The number of carbonyl (C=O) groups excluding carboxylic acids is 3. The SMILES string of the molecule is CCOC(=O)C1=C(C[NH+]2CCN(C(C)=O)CC2)NC(=O)N[C@H]1c1ccco1. The molecule has 0 radical (unpaired) electrons. The molecule has 3 rings (SSSR count). The van der Waals surface area contributed by atoms with Gasteiger partial charge in [0, 0.05) is 6.92 Å². The van der Waals surface area contributed by atoms with Crippen LogP contribution < -0.4 is 15.5 Å². The number of nitrogens with one attached hydrogen (secondary N) is 3. The third-order valence-electron chi connectivity index (χ3n) is 4.82. The molecule has 0 bridgehead atoms. The first-order chi connectivity index (χ1) is 13.0. The molecule has 0 unspecified atom stereocenters. The summed E-state index contributed by atoms with van der Waals surface area (Å²) in [6.07, 6.45) is 1.50. The molecule has 3 amide bonds. The van der Waals surface area contributed by atoms with Gasteiger partial charge in [-0.15, -0.1) is 0 Å². The number of ether oxygens (including phenoxy) is 1. The van der Waals surface area contributed by atoms with Gasteiger partial charge in [-0.2, -0.15) is 0 Å². The highest BCUT2D eigenvalue weighted by atomic mass is 16.5. The number of hydrogen-bond acceptors (Lipinski definition) is 5. The van der Waals surface area contributed by atoms with Gasteiger partial charge in [0.05, 0.1) is 50.3 Å². The van der Waals surface area contributed by atoms with E-state index in [4.69, 9.17) is 9.15 Å². The van der Waals surface area contributed by atoms with Gasteiger partial charge in [-0.3, -0.25) is 4.79 Å². The van der Waals surface area contributed by atoms with Crippen LogP contribution in [0.15, 0.2) is 34.1 Å². The predicted molar refractivity (Wildman–Crippen MR) is 94.6 cm³/mol. The molecule has 27 heavy (non-hydrogen) atoms. The maximum Gasteiger partial charge on any atom is 0.338 e. The summed E-state index contributed by atoms with van der Waals surface area (Å²) in [5.41, 5.74) is 0.887. The summed E-state index contributed by atoms with van der Waals surface area (Å²) in [6, 6.07) is 2.34. The summed E-state index contributed by atoms with van der Waals surface area (Å²) in [4.78, 5) is 39.3. The number of amides is 3. The first-order valence-electron chi connectivity index (χ1n) is 9.09. The highest BCUT2D eigenvalue weighted by molar-refractivity contribution is 5.95. The molecule has 0 aromatic carbocycles. The standard InChI is InChI=1S/C18H24N4O5/c1-3-26-17(24)15-13(11-21-6-8-22(9-7-21)12(2)23)19-18(25)20-16(15)14-5-4-10-27-14/h4-5,10,16H,3,6-9,11H2,1-2H3,(H2,19,20,25)/p+1/t16-/m0/s1. The Labute approximate surface area is 157 Å². The third kappa shape index (κ3) is 4.30. The number of rotatable bonds is 5. The molecule has 0 spiro atoms. The average molecular weight is 377 g/mol. The monoisotopic (exact) mass is 377 g/mol. The molecule has 3 heterocycles. The number of quaternary nitrogens is 1. The molecule has 3 N–H and O–H groups in total. The van der Waals surface area contributed by atoms with Crippen LogP contribution in [0.5, 0.6) is 0 Å². The van der Waals surface area contributed by atoms with E-state index in [1.54, 1.807) is 30.9 Å². The van der Waals surface area contributed by atoms with Gasteiger partial charge < -0.3 is 29.6 Å².